The highest BCUT2D eigenvalue weighted by atomic mass is 32.1. The number of carbonyl (C=O) groups excluding carboxylic acids is 5. The van der Waals surface area contributed by atoms with Crippen LogP contribution in [0.25, 0.3) is 10.4 Å². The number of primary amides is 1. The fraction of sp³-hybridized carbons (Fsp3) is 0.400. The van der Waals surface area contributed by atoms with Gasteiger partial charge in [-0.05, 0) is 41.8 Å². The molecule has 35 heavy (non-hydrogen) atoms. The molecule has 0 spiro atoms. The summed E-state index contributed by atoms with van der Waals surface area (Å²) in [6.07, 6.45) is -0.0339. The molecule has 0 radical (unpaired) electrons. The van der Waals surface area contributed by atoms with E-state index in [0.717, 1.165) is 4.88 Å². The molecule has 1 aromatic heterocycles. The molecule has 1 heterocycles. The number of phenolic OH excluding ortho intramolecular Hbond substituents is 1. The monoisotopic (exact) mass is 496 g/mol. The van der Waals surface area contributed by atoms with Crippen LogP contribution in [-0.2, 0) is 25.6 Å². The number of aromatic hydroxyl groups is 1. The third kappa shape index (κ3) is 3.13. The van der Waals surface area contributed by atoms with E-state index in [1.54, 1.807) is 6.07 Å². The smallest absolute Gasteiger partial charge is 0.235 e. The van der Waals surface area contributed by atoms with Crippen molar-refractivity contribution in [2.24, 2.45) is 29.4 Å². The lowest BCUT2D eigenvalue weighted by atomic mass is 9.53. The second kappa shape index (κ2) is 7.82. The van der Waals surface area contributed by atoms with E-state index in [-0.39, 0.29) is 30.6 Å². The Hall–Kier alpha value is -3.37. The number of benzene rings is 1. The zero-order chi connectivity index (χ0) is 25.4. The van der Waals surface area contributed by atoms with Crippen LogP contribution < -0.4 is 10.6 Å². The van der Waals surface area contributed by atoms with E-state index in [2.05, 4.69) is 0 Å². The molecule has 1 aromatic carbocycles. The Morgan fingerprint density at radius 2 is 1.89 bits per heavy atom. The molecule has 3 aliphatic carbocycles. The van der Waals surface area contributed by atoms with Gasteiger partial charge in [0.05, 0.1) is 11.5 Å². The van der Waals surface area contributed by atoms with Gasteiger partial charge >= 0.3 is 0 Å². The molecule has 2 saturated carbocycles. The largest absolute Gasteiger partial charge is 0.506 e. The fourth-order valence-electron chi connectivity index (χ4n) is 6.03. The van der Waals surface area contributed by atoms with Crippen LogP contribution in [0.3, 0.4) is 0 Å². The fourth-order valence-corrected chi connectivity index (χ4v) is 6.78. The summed E-state index contributed by atoms with van der Waals surface area (Å²) in [5.74, 6) is -10.0. The molecule has 2 unspecified atom stereocenters. The Bertz CT molecular complexity index is 1320. The van der Waals surface area contributed by atoms with Gasteiger partial charge in [-0.3, -0.25) is 24.0 Å². The molecule has 1 amide bonds. The number of nitrogens with two attached hydrogens (primary N) is 1. The number of hydrogen-bond donors (Lipinski definition) is 3. The van der Waals surface area contributed by atoms with E-state index < -0.39 is 58.3 Å². The maximum atomic E-state index is 13.8. The first-order chi connectivity index (χ1) is 16.5. The van der Waals surface area contributed by atoms with Crippen LogP contribution in [0.15, 0.2) is 23.6 Å². The highest BCUT2D eigenvalue weighted by Crippen LogP contribution is 2.52. The molecule has 2 fully saturated rings. The number of fused-ring (bicyclic) bond motifs is 3. The molecule has 2 aromatic rings. The van der Waals surface area contributed by atoms with E-state index in [4.69, 9.17) is 5.73 Å². The summed E-state index contributed by atoms with van der Waals surface area (Å²) in [6, 6.07) is 5.43. The second-order valence-corrected chi connectivity index (χ2v) is 10.7. The zero-order valence-electron chi connectivity index (χ0n) is 19.1. The highest BCUT2D eigenvalue weighted by Gasteiger charge is 2.66. The van der Waals surface area contributed by atoms with E-state index in [9.17, 15) is 34.2 Å². The third-order valence-corrected chi connectivity index (χ3v) is 8.55. The summed E-state index contributed by atoms with van der Waals surface area (Å²) in [5, 5.41) is 24.3. The van der Waals surface area contributed by atoms with Crippen molar-refractivity contribution < 1.29 is 34.2 Å². The van der Waals surface area contributed by atoms with Crippen molar-refractivity contribution in [3.63, 3.8) is 0 Å². The number of hydrogen-bond acceptors (Lipinski definition) is 9. The number of nitrogens with zero attached hydrogens (tertiary/aromatic N) is 1. The first-order valence-corrected chi connectivity index (χ1v) is 12.1. The van der Waals surface area contributed by atoms with Gasteiger partial charge in [-0.25, -0.2) is 0 Å². The van der Waals surface area contributed by atoms with E-state index >= 15 is 0 Å². The number of carbonyl (C=O) groups is 5. The molecule has 0 bridgehead atoms. The molecule has 3 aliphatic rings. The predicted molar refractivity (Wildman–Crippen MR) is 126 cm³/mol. The zero-order valence-corrected chi connectivity index (χ0v) is 19.9. The lowest BCUT2D eigenvalue weighted by Gasteiger charge is -2.48. The summed E-state index contributed by atoms with van der Waals surface area (Å²) in [4.78, 5) is 67.2. The Balaban J connectivity index is 1.66. The summed E-state index contributed by atoms with van der Waals surface area (Å²) < 4.78 is 0. The van der Waals surface area contributed by atoms with Gasteiger partial charge in [0.1, 0.15) is 5.75 Å². The number of aliphatic hydroxyl groups is 1. The van der Waals surface area contributed by atoms with Crippen molar-refractivity contribution in [1.29, 1.82) is 0 Å². The van der Waals surface area contributed by atoms with Crippen molar-refractivity contribution in [3.05, 3.63) is 34.7 Å². The lowest BCUT2D eigenvalue weighted by molar-refractivity contribution is -0.175. The molecule has 0 saturated heterocycles. The number of Topliss-reactive ketones (excluding diaryl/α,β-unsaturated/α-hetero) is 4. The van der Waals surface area contributed by atoms with Crippen LogP contribution >= 0.6 is 11.3 Å². The standard InChI is InChI=1S/C25H24N2O7S/c1-27(2)14-9-13(16-4-3-5-35-16)20(29)18-12(14)7-10-6-11-8-15(28)19(24(26)33)23(32)25(11,34)22(31)17(10)21(18)30/h3-5,9-11,17,19,29,34H,6-8H2,1-2H3,(H2,26,33)/t10-,11+,17?,19?,25+/m1/s1. The molecular formula is C25H24N2O7S. The lowest BCUT2D eigenvalue weighted by Crippen LogP contribution is -2.68. The number of ketones is 4. The quantitative estimate of drug-likeness (QED) is 0.534. The molecule has 0 aliphatic heterocycles. The van der Waals surface area contributed by atoms with Crippen LogP contribution in [0.2, 0.25) is 0 Å². The minimum Gasteiger partial charge on any atom is -0.506 e. The van der Waals surface area contributed by atoms with Gasteiger partial charge in [0, 0.05) is 42.6 Å². The maximum Gasteiger partial charge on any atom is 0.235 e. The van der Waals surface area contributed by atoms with Gasteiger partial charge in [0.25, 0.3) is 0 Å². The number of anilines is 1. The average molecular weight is 497 g/mol. The van der Waals surface area contributed by atoms with Crippen molar-refractivity contribution in [2.75, 3.05) is 19.0 Å². The molecule has 10 heteroatoms. The van der Waals surface area contributed by atoms with Gasteiger partial charge in [-0.1, -0.05) is 6.07 Å². The van der Waals surface area contributed by atoms with E-state index in [1.165, 1.54) is 11.3 Å². The van der Waals surface area contributed by atoms with Crippen molar-refractivity contribution in [1.82, 2.24) is 0 Å². The minimum atomic E-state index is -2.65. The molecule has 5 rings (SSSR count). The number of amides is 1. The van der Waals surface area contributed by atoms with Crippen molar-refractivity contribution >= 4 is 46.1 Å². The van der Waals surface area contributed by atoms with Crippen molar-refractivity contribution in [2.45, 2.75) is 24.9 Å². The third-order valence-electron chi connectivity index (χ3n) is 7.65. The van der Waals surface area contributed by atoms with E-state index in [0.29, 0.717) is 16.8 Å². The minimum absolute atomic E-state index is 0.00189. The van der Waals surface area contributed by atoms with Crippen molar-refractivity contribution in [3.8, 4) is 16.2 Å². The second-order valence-electron chi connectivity index (χ2n) is 9.76. The molecule has 182 valence electrons. The van der Waals surface area contributed by atoms with Crippen LogP contribution in [0.1, 0.15) is 28.8 Å². The Morgan fingerprint density at radius 1 is 1.17 bits per heavy atom. The Morgan fingerprint density at radius 3 is 2.49 bits per heavy atom. The number of phenols is 1. The summed E-state index contributed by atoms with van der Waals surface area (Å²) >= 11 is 1.39. The molecular weight excluding hydrogens is 472 g/mol. The van der Waals surface area contributed by atoms with Crippen LogP contribution in [0.5, 0.6) is 5.75 Å². The molecule has 4 N–H and O–H groups in total. The molecule has 9 nitrogen and oxygen atoms in total. The predicted octanol–water partition coefficient (Wildman–Crippen LogP) is 1.12. The average Bonchev–Trinajstić information content (AvgIpc) is 3.30. The normalized spacial score (nSPS) is 29.9. The summed E-state index contributed by atoms with van der Waals surface area (Å²) in [7, 11) is 3.63. The van der Waals surface area contributed by atoms with E-state index in [1.807, 2.05) is 36.5 Å². The summed E-state index contributed by atoms with van der Waals surface area (Å²) in [5.41, 5.74) is 4.32. The van der Waals surface area contributed by atoms with Gasteiger partial charge in [-0.2, -0.15) is 0 Å². The molecule has 5 atom stereocenters. The van der Waals surface area contributed by atoms with Crippen LogP contribution in [0, 0.1) is 23.7 Å². The number of rotatable bonds is 3. The SMILES string of the molecule is CN(C)c1cc(-c2cccs2)c(O)c2c1C[C@H]1C[C@H]3CC(=O)C(C(N)=O)C(=O)[C@@]3(O)C(=O)C1C2=O. The van der Waals surface area contributed by atoms with Gasteiger partial charge in [0.15, 0.2) is 34.7 Å². The van der Waals surface area contributed by atoms with Gasteiger partial charge in [0.2, 0.25) is 5.91 Å². The highest BCUT2D eigenvalue weighted by molar-refractivity contribution is 7.13. The maximum absolute atomic E-state index is 13.8. The van der Waals surface area contributed by atoms with Gasteiger partial charge in [-0.15, -0.1) is 11.3 Å². The Kier molecular flexibility index (Phi) is 5.22. The van der Waals surface area contributed by atoms with Gasteiger partial charge < -0.3 is 20.8 Å². The Labute approximate surface area is 204 Å². The van der Waals surface area contributed by atoms with Crippen LogP contribution in [0.4, 0.5) is 5.69 Å². The first-order valence-electron chi connectivity index (χ1n) is 11.3. The topological polar surface area (TPSA) is 155 Å². The van der Waals surface area contributed by atoms with Crippen LogP contribution in [-0.4, -0.2) is 58.9 Å². The summed E-state index contributed by atoms with van der Waals surface area (Å²) in [6.45, 7) is 0. The number of thiophene rings is 1. The first kappa shape index (κ1) is 23.4.